The van der Waals surface area contributed by atoms with Gasteiger partial charge in [0.05, 0.1) is 42.1 Å². The van der Waals surface area contributed by atoms with Crippen molar-refractivity contribution in [2.75, 3.05) is 26.1 Å². The van der Waals surface area contributed by atoms with E-state index < -0.39 is 24.0 Å². The first-order valence-electron chi connectivity index (χ1n) is 14.6. The summed E-state index contributed by atoms with van der Waals surface area (Å²) in [6.07, 6.45) is 3.99. The molecule has 2 amide bonds. The van der Waals surface area contributed by atoms with Gasteiger partial charge in [-0.15, -0.1) is 0 Å². The molecule has 0 spiro atoms. The third-order valence-electron chi connectivity index (χ3n) is 7.09. The molecule has 4 aromatic rings. The molecule has 0 saturated carbocycles. The van der Waals surface area contributed by atoms with Crippen LogP contribution >= 0.6 is 11.6 Å². The number of unbranched alkanes of at least 4 members (excludes halogenated alkanes) is 1. The minimum atomic E-state index is -0.908. The van der Waals surface area contributed by atoms with Crippen LogP contribution in [0.3, 0.4) is 0 Å². The summed E-state index contributed by atoms with van der Waals surface area (Å²) >= 11 is 6.31. The number of fused-ring (bicyclic) bond motifs is 1. The van der Waals surface area contributed by atoms with Gasteiger partial charge in [0.2, 0.25) is 0 Å². The number of nitrogens with zero attached hydrogens (tertiary/aromatic N) is 3. The number of anilines is 1. The summed E-state index contributed by atoms with van der Waals surface area (Å²) in [7, 11) is 2.82. The second kappa shape index (κ2) is 16.3. The van der Waals surface area contributed by atoms with Crippen LogP contribution in [0.4, 0.5) is 10.5 Å². The van der Waals surface area contributed by atoms with E-state index in [1.54, 1.807) is 30.1 Å². The van der Waals surface area contributed by atoms with Crippen molar-refractivity contribution in [1.82, 2.24) is 25.4 Å². The average molecular weight is 637 g/mol. The number of aryl methyl sites for hydroxylation is 1. The monoisotopic (exact) mass is 636 g/mol. The summed E-state index contributed by atoms with van der Waals surface area (Å²) in [6, 6.07) is 13.9. The fourth-order valence-corrected chi connectivity index (χ4v) is 4.98. The summed E-state index contributed by atoms with van der Waals surface area (Å²) < 4.78 is 17.2. The first kappa shape index (κ1) is 33.1. The lowest BCUT2D eigenvalue weighted by Gasteiger charge is -2.19. The normalized spacial score (nSPS) is 11.5. The second-order valence-corrected chi connectivity index (χ2v) is 10.5. The molecule has 238 valence electrons. The zero-order chi connectivity index (χ0) is 32.2. The van der Waals surface area contributed by atoms with Gasteiger partial charge < -0.3 is 30.2 Å². The molecule has 0 aliphatic carbocycles. The van der Waals surface area contributed by atoms with E-state index in [9.17, 15) is 14.4 Å². The molecule has 0 unspecified atom stereocenters. The van der Waals surface area contributed by atoms with Crippen molar-refractivity contribution in [3.8, 4) is 5.75 Å². The van der Waals surface area contributed by atoms with Crippen molar-refractivity contribution >= 4 is 46.3 Å². The van der Waals surface area contributed by atoms with Crippen LogP contribution in [0.5, 0.6) is 5.75 Å². The van der Waals surface area contributed by atoms with Gasteiger partial charge in [0.25, 0.3) is 5.91 Å². The minimum absolute atomic E-state index is 0.174. The Labute approximate surface area is 266 Å². The van der Waals surface area contributed by atoms with Gasteiger partial charge >= 0.3 is 12.1 Å². The molecule has 0 bridgehead atoms. The highest BCUT2D eigenvalue weighted by molar-refractivity contribution is 6.32. The Morgan fingerprint density at radius 2 is 1.82 bits per heavy atom. The number of methoxy groups -OCH3 is 2. The molecule has 0 saturated heterocycles. The lowest BCUT2D eigenvalue weighted by atomic mass is 10.1. The molecule has 0 aliphatic rings. The van der Waals surface area contributed by atoms with Crippen molar-refractivity contribution in [1.29, 1.82) is 0 Å². The van der Waals surface area contributed by atoms with Crippen LogP contribution in [-0.2, 0) is 34.0 Å². The van der Waals surface area contributed by atoms with Gasteiger partial charge in [0, 0.05) is 25.8 Å². The van der Waals surface area contributed by atoms with Crippen molar-refractivity contribution in [2.24, 2.45) is 0 Å². The van der Waals surface area contributed by atoms with E-state index in [1.807, 2.05) is 43.3 Å². The van der Waals surface area contributed by atoms with Gasteiger partial charge in [-0.1, -0.05) is 48.0 Å². The zero-order valence-corrected chi connectivity index (χ0v) is 26.2. The maximum absolute atomic E-state index is 13.6. The van der Waals surface area contributed by atoms with Crippen LogP contribution in [0, 0.1) is 0 Å². The number of halogens is 1. The number of aromatic nitrogens is 3. The lowest BCUT2D eigenvalue weighted by Crippen LogP contribution is -2.42. The summed E-state index contributed by atoms with van der Waals surface area (Å²) in [5.74, 6) is -0.514. The number of amides is 2. The van der Waals surface area contributed by atoms with Gasteiger partial charge in [-0.2, -0.15) is 5.10 Å². The number of esters is 1. The largest absolute Gasteiger partial charge is 0.495 e. The highest BCUT2D eigenvalue weighted by Gasteiger charge is 2.25. The number of hydrogen-bond donors (Lipinski definition) is 3. The van der Waals surface area contributed by atoms with E-state index in [0.29, 0.717) is 66.4 Å². The van der Waals surface area contributed by atoms with E-state index in [1.165, 1.54) is 13.3 Å². The molecule has 12 nitrogen and oxygen atoms in total. The smallest absolute Gasteiger partial charge is 0.407 e. The molecule has 2 heterocycles. The van der Waals surface area contributed by atoms with Gasteiger partial charge in [-0.3, -0.25) is 4.79 Å². The number of benzene rings is 2. The second-order valence-electron chi connectivity index (χ2n) is 10.1. The molecular formula is C32H37ClN6O6. The maximum atomic E-state index is 13.6. The Morgan fingerprint density at radius 1 is 1.02 bits per heavy atom. The fraction of sp³-hybridized carbons (Fsp3) is 0.344. The van der Waals surface area contributed by atoms with Crippen LogP contribution in [0.15, 0.2) is 60.9 Å². The number of pyridine rings is 1. The topological polar surface area (TPSA) is 146 Å². The van der Waals surface area contributed by atoms with E-state index in [-0.39, 0.29) is 12.2 Å². The Morgan fingerprint density at radius 3 is 2.53 bits per heavy atom. The van der Waals surface area contributed by atoms with Crippen molar-refractivity contribution in [2.45, 2.75) is 51.9 Å². The standard InChI is InChI=1S/C32H37ClN6O6/c1-4-39-29-23(19-37-39)28(35-17-22-13-14-27(43-2)25(33)16-22)24(18-36-29)30(40)38-26(31(41)44-3)12-8-9-15-34-32(42)45-20-21-10-6-5-7-11-21/h5-7,10-11,13-14,16,18-19,26H,4,8-9,12,15,17,20H2,1-3H3,(H,34,42)(H,35,36)(H,38,40)/t26-/m0/s1. The number of rotatable bonds is 15. The van der Waals surface area contributed by atoms with Crippen molar-refractivity contribution in [3.63, 3.8) is 0 Å². The number of alkyl carbamates (subject to hydrolysis) is 1. The molecule has 13 heteroatoms. The van der Waals surface area contributed by atoms with Crippen LogP contribution in [0.1, 0.15) is 47.7 Å². The Balaban J connectivity index is 1.39. The van der Waals surface area contributed by atoms with Crippen molar-refractivity contribution in [3.05, 3.63) is 82.6 Å². The number of ether oxygens (including phenoxy) is 3. The maximum Gasteiger partial charge on any atom is 0.407 e. The summed E-state index contributed by atoms with van der Waals surface area (Å²) in [4.78, 5) is 42.7. The zero-order valence-electron chi connectivity index (χ0n) is 25.5. The van der Waals surface area contributed by atoms with Crippen LogP contribution < -0.4 is 20.7 Å². The van der Waals surface area contributed by atoms with Crippen molar-refractivity contribution < 1.29 is 28.6 Å². The highest BCUT2D eigenvalue weighted by Crippen LogP contribution is 2.29. The number of carbonyl (C=O) groups excluding carboxylic acids is 3. The lowest BCUT2D eigenvalue weighted by molar-refractivity contribution is -0.143. The van der Waals surface area contributed by atoms with Gasteiger partial charge in [0.15, 0.2) is 5.65 Å². The van der Waals surface area contributed by atoms with Crippen LogP contribution in [-0.4, -0.2) is 59.5 Å². The summed E-state index contributed by atoms with van der Waals surface area (Å²) in [5.41, 5.74) is 3.13. The molecule has 2 aromatic carbocycles. The Hall–Kier alpha value is -4.84. The average Bonchev–Trinajstić information content (AvgIpc) is 3.49. The Kier molecular flexibility index (Phi) is 12.0. The molecule has 4 rings (SSSR count). The first-order valence-corrected chi connectivity index (χ1v) is 15.0. The predicted octanol–water partition coefficient (Wildman–Crippen LogP) is 5.09. The number of hydrogen-bond acceptors (Lipinski definition) is 9. The molecule has 2 aromatic heterocycles. The molecule has 45 heavy (non-hydrogen) atoms. The van der Waals surface area contributed by atoms with Crippen LogP contribution in [0.25, 0.3) is 11.0 Å². The van der Waals surface area contributed by atoms with Gasteiger partial charge in [-0.05, 0) is 49.4 Å². The number of nitrogens with one attached hydrogen (secondary N) is 3. The van der Waals surface area contributed by atoms with E-state index in [4.69, 9.17) is 25.8 Å². The molecule has 0 fully saturated rings. The Bertz CT molecular complexity index is 1610. The highest BCUT2D eigenvalue weighted by atomic mass is 35.5. The minimum Gasteiger partial charge on any atom is -0.495 e. The van der Waals surface area contributed by atoms with E-state index in [2.05, 4.69) is 26.0 Å². The third-order valence-corrected chi connectivity index (χ3v) is 7.38. The van der Waals surface area contributed by atoms with E-state index in [0.717, 1.165) is 11.1 Å². The quantitative estimate of drug-likeness (QED) is 0.120. The van der Waals surface area contributed by atoms with Gasteiger partial charge in [-0.25, -0.2) is 19.3 Å². The molecule has 3 N–H and O–H groups in total. The predicted molar refractivity (Wildman–Crippen MR) is 170 cm³/mol. The van der Waals surface area contributed by atoms with E-state index >= 15 is 0 Å². The fourth-order valence-electron chi connectivity index (χ4n) is 4.70. The molecule has 1 atom stereocenters. The summed E-state index contributed by atoms with van der Waals surface area (Å²) in [5, 5.41) is 14.4. The molecule has 0 radical (unpaired) electrons. The summed E-state index contributed by atoms with van der Waals surface area (Å²) in [6.45, 7) is 3.42. The van der Waals surface area contributed by atoms with Crippen LogP contribution in [0.2, 0.25) is 5.02 Å². The SMILES string of the molecule is CCn1ncc2c(NCc3ccc(OC)c(Cl)c3)c(C(=O)N[C@@H](CCCCNC(=O)OCc3ccccc3)C(=O)OC)cnc21. The first-order chi connectivity index (χ1) is 21.8. The third kappa shape index (κ3) is 8.85. The van der Waals surface area contributed by atoms with Gasteiger partial charge in [0.1, 0.15) is 18.4 Å². The molecule has 0 aliphatic heterocycles. The number of carbonyl (C=O) groups is 3. The molecular weight excluding hydrogens is 600 g/mol.